The zero-order valence-corrected chi connectivity index (χ0v) is 21.0. The van der Waals surface area contributed by atoms with Crippen molar-refractivity contribution < 1.29 is 14.3 Å². The minimum Gasteiger partial charge on any atom is -0.497 e. The van der Waals surface area contributed by atoms with Crippen molar-refractivity contribution in [1.82, 2.24) is 19.6 Å². The van der Waals surface area contributed by atoms with Crippen molar-refractivity contribution in [1.29, 1.82) is 0 Å². The minimum atomic E-state index is -0.0641. The quantitative estimate of drug-likeness (QED) is 0.573. The lowest BCUT2D eigenvalue weighted by molar-refractivity contribution is -0.138. The number of carbonyl (C=O) groups excluding carboxylic acids is 2. The molecule has 1 aromatic carbocycles. The lowest BCUT2D eigenvalue weighted by Gasteiger charge is -2.41. The number of fused-ring (bicyclic) bond motifs is 2. The second-order valence-corrected chi connectivity index (χ2v) is 10.5. The fraction of sp³-hybridized carbons (Fsp3) is 0.536. The molecule has 0 radical (unpaired) electrons. The number of ether oxygens (including phenoxy) is 1. The van der Waals surface area contributed by atoms with E-state index in [4.69, 9.17) is 4.74 Å². The van der Waals surface area contributed by atoms with Crippen LogP contribution in [0.4, 0.5) is 0 Å². The van der Waals surface area contributed by atoms with Crippen LogP contribution in [0, 0.1) is 23.7 Å². The van der Waals surface area contributed by atoms with Gasteiger partial charge in [-0.1, -0.05) is 24.3 Å². The maximum Gasteiger partial charge on any atom is 0.274 e. The van der Waals surface area contributed by atoms with Gasteiger partial charge >= 0.3 is 0 Å². The lowest BCUT2D eigenvalue weighted by Crippen LogP contribution is -2.49. The van der Waals surface area contributed by atoms with Crippen molar-refractivity contribution in [3.63, 3.8) is 0 Å². The fourth-order valence-corrected chi connectivity index (χ4v) is 6.32. The summed E-state index contributed by atoms with van der Waals surface area (Å²) in [4.78, 5) is 30.5. The van der Waals surface area contributed by atoms with E-state index in [1.165, 1.54) is 0 Å². The molecule has 35 heavy (non-hydrogen) atoms. The molecule has 186 valence electrons. The highest BCUT2D eigenvalue weighted by Crippen LogP contribution is 2.44. The first-order valence-corrected chi connectivity index (χ1v) is 12.8. The number of likely N-dealkylation sites (N-methyl/N-ethyl adjacent to an activating group) is 1. The number of aryl methyl sites for hydroxylation is 1. The van der Waals surface area contributed by atoms with Crippen molar-refractivity contribution in [2.75, 3.05) is 27.2 Å². The van der Waals surface area contributed by atoms with Gasteiger partial charge in [-0.15, -0.1) is 0 Å². The summed E-state index contributed by atoms with van der Waals surface area (Å²) in [5.74, 6) is 2.61. The number of rotatable bonds is 7. The topological polar surface area (TPSA) is 67.7 Å². The molecule has 0 N–H and O–H groups in total. The van der Waals surface area contributed by atoms with Crippen LogP contribution < -0.4 is 4.74 Å². The van der Waals surface area contributed by atoms with E-state index in [1.807, 2.05) is 37.2 Å². The number of hydrogen-bond acceptors (Lipinski definition) is 4. The fourth-order valence-electron chi connectivity index (χ4n) is 6.32. The Balaban J connectivity index is 1.30. The molecule has 2 amide bonds. The second kappa shape index (κ2) is 9.88. The number of allylic oxidation sites excluding steroid dienone is 2. The summed E-state index contributed by atoms with van der Waals surface area (Å²) in [6.07, 6.45) is 11.0. The Morgan fingerprint density at radius 1 is 1.17 bits per heavy atom. The van der Waals surface area contributed by atoms with E-state index in [2.05, 4.69) is 28.2 Å². The van der Waals surface area contributed by atoms with Gasteiger partial charge in [0.05, 0.1) is 7.11 Å². The Morgan fingerprint density at radius 2 is 1.97 bits per heavy atom. The summed E-state index contributed by atoms with van der Waals surface area (Å²) in [6, 6.07) is 9.86. The maximum atomic E-state index is 13.3. The molecule has 0 unspecified atom stereocenters. The molecule has 3 aliphatic rings. The summed E-state index contributed by atoms with van der Waals surface area (Å²) in [5.41, 5.74) is 1.60. The van der Waals surface area contributed by atoms with Crippen molar-refractivity contribution >= 4 is 11.8 Å². The normalized spacial score (nSPS) is 24.5. The molecule has 7 nitrogen and oxygen atoms in total. The van der Waals surface area contributed by atoms with Crippen molar-refractivity contribution in [3.05, 3.63) is 59.9 Å². The molecule has 2 fully saturated rings. The molecular weight excluding hydrogens is 440 g/mol. The van der Waals surface area contributed by atoms with E-state index in [0.29, 0.717) is 29.4 Å². The number of carbonyl (C=O) groups is 2. The Kier molecular flexibility index (Phi) is 6.67. The first kappa shape index (κ1) is 23.6. The molecule has 4 atom stereocenters. The van der Waals surface area contributed by atoms with Gasteiger partial charge in [-0.05, 0) is 73.6 Å². The van der Waals surface area contributed by atoms with Crippen LogP contribution in [0.15, 0.2) is 48.7 Å². The second-order valence-electron chi connectivity index (χ2n) is 10.5. The minimum absolute atomic E-state index is 0.0132. The van der Waals surface area contributed by atoms with Crippen molar-refractivity contribution in [2.45, 2.75) is 38.1 Å². The Labute approximate surface area is 207 Å². The van der Waals surface area contributed by atoms with Crippen LogP contribution >= 0.6 is 0 Å². The van der Waals surface area contributed by atoms with E-state index >= 15 is 0 Å². The van der Waals surface area contributed by atoms with Crippen LogP contribution in [0.1, 0.15) is 41.7 Å². The van der Waals surface area contributed by atoms with Gasteiger partial charge in [-0.25, -0.2) is 0 Å². The number of likely N-dealkylation sites (tertiary alicyclic amines) is 1. The van der Waals surface area contributed by atoms with Crippen LogP contribution in [0.25, 0.3) is 0 Å². The lowest BCUT2D eigenvalue weighted by atomic mass is 9.84. The average molecular weight is 477 g/mol. The predicted octanol–water partition coefficient (Wildman–Crippen LogP) is 3.56. The van der Waals surface area contributed by atoms with Gasteiger partial charge < -0.3 is 14.5 Å². The molecule has 2 bridgehead atoms. The molecule has 2 aliphatic carbocycles. The van der Waals surface area contributed by atoms with Gasteiger partial charge in [-0.3, -0.25) is 14.3 Å². The van der Waals surface area contributed by atoms with Crippen LogP contribution in [-0.4, -0.2) is 64.7 Å². The first-order chi connectivity index (χ1) is 16.9. The van der Waals surface area contributed by atoms with E-state index in [9.17, 15) is 9.59 Å². The Hall–Kier alpha value is -3.09. The highest BCUT2D eigenvalue weighted by atomic mass is 16.5. The van der Waals surface area contributed by atoms with Gasteiger partial charge in [0, 0.05) is 45.3 Å². The smallest absolute Gasteiger partial charge is 0.274 e. The standard InChI is InChI=1S/C28H36N4O3/c1-30-12-11-25(29-30)28(34)31(2)26(18-19-5-4-6-23(16-19)35-3)21-9-13-32(14-10-21)27(33)24-17-20-7-8-22(24)15-20/h4-8,11-12,16,20-22,24,26H,9-10,13-15,17-18H2,1-3H3/t20-,22+,24+,26-/m1/s1. The number of nitrogens with zero attached hydrogens (tertiary/aromatic N) is 4. The largest absolute Gasteiger partial charge is 0.497 e. The van der Waals surface area contributed by atoms with Gasteiger partial charge in [0.25, 0.3) is 5.91 Å². The van der Waals surface area contributed by atoms with Gasteiger partial charge in [0.15, 0.2) is 0 Å². The predicted molar refractivity (Wildman–Crippen MR) is 134 cm³/mol. The third-order valence-corrected chi connectivity index (χ3v) is 8.32. The highest BCUT2D eigenvalue weighted by molar-refractivity contribution is 5.92. The SMILES string of the molecule is COc1cccc(C[C@H](C2CCN(C(=O)[C@H]3C[C@@H]4C=C[C@H]3C4)CC2)N(C)C(=O)c2ccn(C)n2)c1. The molecule has 1 aromatic heterocycles. The van der Waals surface area contributed by atoms with E-state index < -0.39 is 0 Å². The molecule has 2 heterocycles. The third kappa shape index (κ3) is 4.86. The summed E-state index contributed by atoms with van der Waals surface area (Å²) in [5, 5.41) is 4.34. The number of methoxy groups -OCH3 is 1. The Bertz CT molecular complexity index is 1100. The number of amides is 2. The number of piperidine rings is 1. The van der Waals surface area contributed by atoms with Gasteiger partial charge in [-0.2, -0.15) is 5.10 Å². The first-order valence-electron chi connectivity index (χ1n) is 12.8. The molecule has 1 saturated carbocycles. The van der Waals surface area contributed by atoms with E-state index in [0.717, 1.165) is 56.5 Å². The third-order valence-electron chi connectivity index (χ3n) is 8.32. The summed E-state index contributed by atoms with van der Waals surface area (Å²) < 4.78 is 7.09. The summed E-state index contributed by atoms with van der Waals surface area (Å²) >= 11 is 0. The molecule has 5 rings (SSSR count). The zero-order chi connectivity index (χ0) is 24.5. The summed E-state index contributed by atoms with van der Waals surface area (Å²) in [7, 11) is 5.39. The number of hydrogen-bond donors (Lipinski definition) is 0. The molecule has 2 aromatic rings. The maximum absolute atomic E-state index is 13.3. The molecule has 1 aliphatic heterocycles. The zero-order valence-electron chi connectivity index (χ0n) is 21.0. The van der Waals surface area contributed by atoms with Crippen LogP contribution in [0.2, 0.25) is 0 Å². The monoisotopic (exact) mass is 476 g/mol. The van der Waals surface area contributed by atoms with E-state index in [-0.39, 0.29) is 17.9 Å². The molecular formula is C28H36N4O3. The van der Waals surface area contributed by atoms with Crippen molar-refractivity contribution in [3.8, 4) is 5.75 Å². The highest BCUT2D eigenvalue weighted by Gasteiger charge is 2.42. The van der Waals surface area contributed by atoms with Crippen LogP contribution in [0.3, 0.4) is 0 Å². The number of aromatic nitrogens is 2. The Morgan fingerprint density at radius 3 is 2.60 bits per heavy atom. The van der Waals surface area contributed by atoms with Crippen LogP contribution in [0.5, 0.6) is 5.75 Å². The summed E-state index contributed by atoms with van der Waals surface area (Å²) in [6.45, 7) is 1.53. The van der Waals surface area contributed by atoms with Crippen LogP contribution in [-0.2, 0) is 18.3 Å². The van der Waals surface area contributed by atoms with Gasteiger partial charge in [0.1, 0.15) is 11.4 Å². The molecule has 0 spiro atoms. The average Bonchev–Trinajstić information content (AvgIpc) is 3.64. The van der Waals surface area contributed by atoms with Gasteiger partial charge in [0.2, 0.25) is 5.91 Å². The molecule has 7 heteroatoms. The molecule has 1 saturated heterocycles. The van der Waals surface area contributed by atoms with Crippen molar-refractivity contribution in [2.24, 2.45) is 30.7 Å². The van der Waals surface area contributed by atoms with E-state index in [1.54, 1.807) is 24.1 Å². The number of benzene rings is 1.